The van der Waals surface area contributed by atoms with E-state index in [4.69, 9.17) is 23.7 Å². The van der Waals surface area contributed by atoms with Crippen molar-refractivity contribution in [3.8, 4) is 0 Å². The van der Waals surface area contributed by atoms with E-state index < -0.39 is 67.4 Å². The Hall–Kier alpha value is -2.57. The van der Waals surface area contributed by atoms with Crippen LogP contribution in [0.2, 0.25) is 0 Å². The fourth-order valence-corrected chi connectivity index (χ4v) is 3.60. The van der Waals surface area contributed by atoms with Crippen LogP contribution in [0.5, 0.6) is 0 Å². The van der Waals surface area contributed by atoms with Crippen LogP contribution < -0.4 is 0 Å². The van der Waals surface area contributed by atoms with Crippen LogP contribution in [0.4, 0.5) is 0 Å². The third kappa shape index (κ3) is 7.47. The van der Waals surface area contributed by atoms with E-state index in [9.17, 15) is 29.7 Å². The predicted octanol–water partition coefficient (Wildman–Crippen LogP) is -0.171. The Labute approximate surface area is 191 Å². The molecule has 33 heavy (non-hydrogen) atoms. The van der Waals surface area contributed by atoms with Crippen LogP contribution in [-0.4, -0.2) is 82.7 Å². The molecule has 0 aromatic heterocycles. The van der Waals surface area contributed by atoms with E-state index in [1.165, 1.54) is 0 Å². The highest BCUT2D eigenvalue weighted by Gasteiger charge is 2.55. The minimum Gasteiger partial charge on any atom is -0.458 e. The molecule has 0 saturated carbocycles. The molecule has 1 aliphatic rings. The molecule has 11 nitrogen and oxygen atoms in total. The van der Waals surface area contributed by atoms with Crippen LogP contribution >= 0.6 is 0 Å². The van der Waals surface area contributed by atoms with Crippen LogP contribution in [-0.2, 0) is 44.7 Å². The Bertz CT molecular complexity index is 799. The van der Waals surface area contributed by atoms with E-state index in [1.807, 2.05) is 6.07 Å². The Kier molecular flexibility index (Phi) is 9.74. The zero-order chi connectivity index (χ0) is 24.6. The third-order valence-electron chi connectivity index (χ3n) is 4.95. The first-order chi connectivity index (χ1) is 15.6. The molecule has 0 unspecified atom stereocenters. The number of rotatable bonds is 10. The van der Waals surface area contributed by atoms with Gasteiger partial charge in [-0.15, -0.1) is 0 Å². The first-order valence-electron chi connectivity index (χ1n) is 10.4. The molecule has 0 radical (unpaired) electrons. The van der Waals surface area contributed by atoms with Gasteiger partial charge in [-0.05, 0) is 5.56 Å². The van der Waals surface area contributed by atoms with E-state index >= 15 is 0 Å². The Morgan fingerprint density at radius 3 is 2.21 bits per heavy atom. The molecular formula is C22H30O11. The minimum atomic E-state index is -1.77. The van der Waals surface area contributed by atoms with Gasteiger partial charge in [-0.25, -0.2) is 0 Å². The molecule has 0 spiro atoms. The quantitative estimate of drug-likeness (QED) is 0.308. The molecule has 1 aliphatic heterocycles. The van der Waals surface area contributed by atoms with E-state index in [0.717, 1.165) is 26.3 Å². The number of hydrogen-bond acceptors (Lipinski definition) is 11. The fourth-order valence-electron chi connectivity index (χ4n) is 3.60. The number of hydrogen-bond donors (Lipinski definition) is 3. The number of aliphatic hydroxyl groups is 3. The monoisotopic (exact) mass is 470 g/mol. The second-order valence-corrected chi connectivity index (χ2v) is 7.68. The molecule has 3 N–H and O–H groups in total. The molecular weight excluding hydrogens is 440 g/mol. The summed E-state index contributed by atoms with van der Waals surface area (Å²) in [7, 11) is 0. The van der Waals surface area contributed by atoms with Gasteiger partial charge in [0.15, 0.2) is 18.0 Å². The topological polar surface area (TPSA) is 158 Å². The van der Waals surface area contributed by atoms with Crippen LogP contribution in [0.15, 0.2) is 30.3 Å². The summed E-state index contributed by atoms with van der Waals surface area (Å²) < 4.78 is 27.7. The summed E-state index contributed by atoms with van der Waals surface area (Å²) in [5.74, 6) is -4.05. The number of carbonyl (C=O) groups excluding carboxylic acids is 3. The Morgan fingerprint density at radius 1 is 1.06 bits per heavy atom. The number of ether oxygens (including phenoxy) is 5. The molecule has 6 atom stereocenters. The molecule has 184 valence electrons. The van der Waals surface area contributed by atoms with Crippen LogP contribution in [0.3, 0.4) is 0 Å². The maximum atomic E-state index is 11.8. The number of carbonyl (C=O) groups is 3. The van der Waals surface area contributed by atoms with Gasteiger partial charge in [-0.2, -0.15) is 0 Å². The van der Waals surface area contributed by atoms with Gasteiger partial charge in [0.1, 0.15) is 18.3 Å². The van der Waals surface area contributed by atoms with Gasteiger partial charge in [-0.3, -0.25) is 14.4 Å². The number of benzene rings is 1. The molecule has 1 heterocycles. The second-order valence-electron chi connectivity index (χ2n) is 7.68. The summed E-state index contributed by atoms with van der Waals surface area (Å²) in [5.41, 5.74) is 0.753. The SMILES string of the molecule is CC(=O)O[C@@H]([C@@H]1O[C@](CO)(OCc2ccccc2)C[C@H](OC(C)=O)[C@H]1OC(C)=O)[C@H](O)CO. The van der Waals surface area contributed by atoms with Crippen molar-refractivity contribution in [3.05, 3.63) is 35.9 Å². The molecule has 1 aromatic carbocycles. The first-order valence-corrected chi connectivity index (χ1v) is 10.4. The standard InChI is InChI=1S/C22H30O11/c1-13(25)30-18-9-22(12-24,29-11-16-7-5-4-6-8-16)33-21(20(18)32-15(3)27)19(17(28)10-23)31-14(2)26/h4-8,17-21,23-24,28H,9-12H2,1-3H3/t17-,18+,19-,20-,21+,22-/m1/s1. The highest BCUT2D eigenvalue weighted by atomic mass is 16.7. The highest BCUT2D eigenvalue weighted by Crippen LogP contribution is 2.37. The first kappa shape index (κ1) is 26.7. The summed E-state index contributed by atoms with van der Waals surface area (Å²) in [4.78, 5) is 35.3. The molecule has 2 rings (SSSR count). The molecule has 1 aromatic rings. The zero-order valence-electron chi connectivity index (χ0n) is 18.7. The van der Waals surface area contributed by atoms with E-state index in [0.29, 0.717) is 0 Å². The van der Waals surface area contributed by atoms with Crippen molar-refractivity contribution in [2.75, 3.05) is 13.2 Å². The van der Waals surface area contributed by atoms with Crippen LogP contribution in [0, 0.1) is 0 Å². The van der Waals surface area contributed by atoms with Gasteiger partial charge in [0.25, 0.3) is 0 Å². The number of aliphatic hydroxyl groups excluding tert-OH is 3. The van der Waals surface area contributed by atoms with Crippen LogP contribution in [0.25, 0.3) is 0 Å². The molecule has 0 amide bonds. The van der Waals surface area contributed by atoms with Crippen molar-refractivity contribution >= 4 is 17.9 Å². The molecule has 11 heteroatoms. The Balaban J connectivity index is 2.47. The van der Waals surface area contributed by atoms with Crippen molar-refractivity contribution < 1.29 is 53.4 Å². The average Bonchev–Trinajstić information content (AvgIpc) is 2.77. The summed E-state index contributed by atoms with van der Waals surface area (Å²) in [6.45, 7) is 1.82. The van der Waals surface area contributed by atoms with Crippen molar-refractivity contribution in [2.45, 2.75) is 70.1 Å². The van der Waals surface area contributed by atoms with Gasteiger partial charge in [-0.1, -0.05) is 30.3 Å². The smallest absolute Gasteiger partial charge is 0.303 e. The summed E-state index contributed by atoms with van der Waals surface area (Å²) in [6, 6.07) is 8.98. The summed E-state index contributed by atoms with van der Waals surface area (Å²) in [5, 5.41) is 30.0. The van der Waals surface area contributed by atoms with Gasteiger partial charge < -0.3 is 39.0 Å². The molecule has 1 saturated heterocycles. The van der Waals surface area contributed by atoms with E-state index in [1.54, 1.807) is 24.3 Å². The van der Waals surface area contributed by atoms with Gasteiger partial charge in [0.05, 0.1) is 19.8 Å². The summed E-state index contributed by atoms with van der Waals surface area (Å²) >= 11 is 0. The van der Waals surface area contributed by atoms with Gasteiger partial charge in [0.2, 0.25) is 0 Å². The molecule has 0 aliphatic carbocycles. The minimum absolute atomic E-state index is 0.0000702. The lowest BCUT2D eigenvalue weighted by Gasteiger charge is -2.48. The maximum absolute atomic E-state index is 11.8. The van der Waals surface area contributed by atoms with Crippen molar-refractivity contribution in [1.82, 2.24) is 0 Å². The normalized spacial score (nSPS) is 26.7. The van der Waals surface area contributed by atoms with E-state index in [2.05, 4.69) is 0 Å². The van der Waals surface area contributed by atoms with Gasteiger partial charge >= 0.3 is 17.9 Å². The van der Waals surface area contributed by atoms with Crippen LogP contribution in [0.1, 0.15) is 32.8 Å². The zero-order valence-corrected chi connectivity index (χ0v) is 18.7. The Morgan fingerprint density at radius 2 is 1.70 bits per heavy atom. The third-order valence-corrected chi connectivity index (χ3v) is 4.95. The second kappa shape index (κ2) is 12.1. The van der Waals surface area contributed by atoms with Crippen molar-refractivity contribution in [2.24, 2.45) is 0 Å². The lowest BCUT2D eigenvalue weighted by atomic mass is 9.90. The average molecular weight is 470 g/mol. The van der Waals surface area contributed by atoms with Crippen molar-refractivity contribution in [1.29, 1.82) is 0 Å². The largest absolute Gasteiger partial charge is 0.458 e. The van der Waals surface area contributed by atoms with Crippen molar-refractivity contribution in [3.63, 3.8) is 0 Å². The van der Waals surface area contributed by atoms with Gasteiger partial charge in [0, 0.05) is 27.2 Å². The van der Waals surface area contributed by atoms with E-state index in [-0.39, 0.29) is 13.0 Å². The fraction of sp³-hybridized carbons (Fsp3) is 0.591. The molecule has 0 bridgehead atoms. The number of esters is 3. The molecule has 1 fully saturated rings. The lowest BCUT2D eigenvalue weighted by Crippen LogP contribution is -2.64. The predicted molar refractivity (Wildman–Crippen MR) is 110 cm³/mol. The summed E-state index contributed by atoms with van der Waals surface area (Å²) in [6.07, 6.45) is -7.39. The maximum Gasteiger partial charge on any atom is 0.303 e. The highest BCUT2D eigenvalue weighted by molar-refractivity contribution is 5.68. The lowest BCUT2D eigenvalue weighted by molar-refractivity contribution is -0.350.